The minimum absolute atomic E-state index is 0.0887. The van der Waals surface area contributed by atoms with Crippen molar-refractivity contribution in [1.29, 1.82) is 0 Å². The van der Waals surface area contributed by atoms with E-state index in [-0.39, 0.29) is 24.1 Å². The summed E-state index contributed by atoms with van der Waals surface area (Å²) >= 11 is 11.4. The summed E-state index contributed by atoms with van der Waals surface area (Å²) in [5.74, 6) is 0.730. The van der Waals surface area contributed by atoms with E-state index in [1.807, 2.05) is 79.7 Å². The van der Waals surface area contributed by atoms with Crippen molar-refractivity contribution in [3.05, 3.63) is 105 Å². The molecule has 0 aliphatic heterocycles. The number of amides is 2. The normalized spacial score (nSPS) is 11.6. The second-order valence-corrected chi connectivity index (χ2v) is 10.1. The van der Waals surface area contributed by atoms with Crippen LogP contribution in [0, 0.1) is 0 Å². The number of thioether (sulfide) groups is 1. The summed E-state index contributed by atoms with van der Waals surface area (Å²) in [5, 5.41) is 3.49. The quantitative estimate of drug-likeness (QED) is 0.308. The molecule has 0 bridgehead atoms. The predicted molar refractivity (Wildman–Crippen MR) is 145 cm³/mol. The van der Waals surface area contributed by atoms with Gasteiger partial charge in [-0.15, -0.1) is 11.8 Å². The summed E-state index contributed by atoms with van der Waals surface area (Å²) in [6.07, 6.45) is 0.431. The molecule has 0 spiro atoms. The molecule has 0 aliphatic rings. The Bertz CT molecular complexity index is 1080. The largest absolute Gasteiger partial charge is 0.355 e. The summed E-state index contributed by atoms with van der Waals surface area (Å²) in [6.45, 7) is 2.65. The van der Waals surface area contributed by atoms with E-state index in [1.165, 1.54) is 0 Å². The number of rotatable bonds is 11. The maximum atomic E-state index is 13.5. The van der Waals surface area contributed by atoms with Crippen molar-refractivity contribution in [2.45, 2.75) is 31.7 Å². The third-order valence-electron chi connectivity index (χ3n) is 5.33. The van der Waals surface area contributed by atoms with Crippen LogP contribution in [0.4, 0.5) is 0 Å². The van der Waals surface area contributed by atoms with Gasteiger partial charge >= 0.3 is 0 Å². The lowest BCUT2D eigenvalue weighted by Crippen LogP contribution is -2.51. The standard InChI is InChI=1S/C27H28BrClN2O2S/c1-2-30-27(33)25(16-20-8-4-3-5-9-20)31(17-22-10-6-7-11-24(22)29)26(32)19-34-18-21-12-14-23(28)15-13-21/h3-15,25H,2,16-19H2,1H3,(H,30,33)/t25-/m0/s1. The van der Waals surface area contributed by atoms with Crippen LogP contribution in [0.25, 0.3) is 0 Å². The van der Waals surface area contributed by atoms with Gasteiger partial charge in [0, 0.05) is 34.8 Å². The molecule has 34 heavy (non-hydrogen) atoms. The maximum Gasteiger partial charge on any atom is 0.243 e. The van der Waals surface area contributed by atoms with Crippen LogP contribution in [-0.4, -0.2) is 35.1 Å². The van der Waals surface area contributed by atoms with E-state index in [0.29, 0.717) is 23.7 Å². The Kier molecular flexibility index (Phi) is 10.5. The van der Waals surface area contributed by atoms with Crippen molar-refractivity contribution in [2.24, 2.45) is 0 Å². The summed E-state index contributed by atoms with van der Waals surface area (Å²) in [4.78, 5) is 28.3. The molecule has 0 heterocycles. The second kappa shape index (κ2) is 13.6. The third-order valence-corrected chi connectivity index (χ3v) is 7.21. The van der Waals surface area contributed by atoms with Crippen molar-refractivity contribution in [3.8, 4) is 0 Å². The number of carbonyl (C=O) groups excluding carboxylic acids is 2. The molecule has 0 unspecified atom stereocenters. The van der Waals surface area contributed by atoms with Gasteiger partial charge < -0.3 is 10.2 Å². The first-order chi connectivity index (χ1) is 16.5. The van der Waals surface area contributed by atoms with E-state index >= 15 is 0 Å². The lowest BCUT2D eigenvalue weighted by atomic mass is 10.0. The predicted octanol–water partition coefficient (Wildman–Crippen LogP) is 6.11. The van der Waals surface area contributed by atoms with Crippen molar-refractivity contribution < 1.29 is 9.59 Å². The minimum atomic E-state index is -0.639. The lowest BCUT2D eigenvalue weighted by molar-refractivity contribution is -0.139. The number of benzene rings is 3. The molecular weight excluding hydrogens is 532 g/mol. The molecule has 3 aromatic rings. The number of halogens is 2. The zero-order valence-corrected chi connectivity index (χ0v) is 22.2. The third kappa shape index (κ3) is 7.90. The first-order valence-corrected chi connectivity index (χ1v) is 13.5. The minimum Gasteiger partial charge on any atom is -0.355 e. The van der Waals surface area contributed by atoms with Crippen molar-refractivity contribution in [3.63, 3.8) is 0 Å². The van der Waals surface area contributed by atoms with Crippen molar-refractivity contribution >= 4 is 51.1 Å². The van der Waals surface area contributed by atoms with E-state index < -0.39 is 6.04 Å². The van der Waals surface area contributed by atoms with E-state index in [2.05, 4.69) is 21.2 Å². The molecule has 0 aromatic heterocycles. The molecule has 1 atom stereocenters. The average molecular weight is 560 g/mol. The Labute approximate surface area is 219 Å². The highest BCUT2D eigenvalue weighted by atomic mass is 79.9. The summed E-state index contributed by atoms with van der Waals surface area (Å²) < 4.78 is 1.02. The van der Waals surface area contributed by atoms with Gasteiger partial charge in [0.05, 0.1) is 5.75 Å². The molecule has 0 saturated heterocycles. The molecule has 4 nitrogen and oxygen atoms in total. The highest BCUT2D eigenvalue weighted by Crippen LogP contribution is 2.22. The fourth-order valence-electron chi connectivity index (χ4n) is 3.58. The molecule has 178 valence electrons. The Hall–Kier alpha value is -2.28. The van der Waals surface area contributed by atoms with Crippen LogP contribution >= 0.6 is 39.3 Å². The van der Waals surface area contributed by atoms with Crippen LogP contribution in [0.5, 0.6) is 0 Å². The molecule has 0 radical (unpaired) electrons. The van der Waals surface area contributed by atoms with Gasteiger partial charge in [-0.05, 0) is 41.8 Å². The summed E-state index contributed by atoms with van der Waals surface area (Å²) in [6, 6.07) is 24.7. The molecule has 3 rings (SSSR count). The van der Waals surface area contributed by atoms with E-state index in [1.54, 1.807) is 22.7 Å². The molecule has 7 heteroatoms. The van der Waals surface area contributed by atoms with Crippen molar-refractivity contribution in [1.82, 2.24) is 10.2 Å². The van der Waals surface area contributed by atoms with Gasteiger partial charge in [-0.25, -0.2) is 0 Å². The lowest BCUT2D eigenvalue weighted by Gasteiger charge is -2.31. The SMILES string of the molecule is CCNC(=O)[C@H](Cc1ccccc1)N(Cc1ccccc1Cl)C(=O)CSCc1ccc(Br)cc1. The summed E-state index contributed by atoms with van der Waals surface area (Å²) in [7, 11) is 0. The van der Waals surface area contributed by atoms with Crippen LogP contribution in [-0.2, 0) is 28.3 Å². The fourth-order valence-corrected chi connectivity index (χ4v) is 4.91. The molecule has 0 saturated carbocycles. The average Bonchev–Trinajstić information content (AvgIpc) is 2.84. The number of nitrogens with zero attached hydrogens (tertiary/aromatic N) is 1. The Morgan fingerprint density at radius 3 is 2.32 bits per heavy atom. The van der Waals surface area contributed by atoms with Gasteiger partial charge in [0.1, 0.15) is 6.04 Å². The molecule has 1 N–H and O–H groups in total. The first kappa shape index (κ1) is 26.3. The zero-order chi connectivity index (χ0) is 24.3. The van der Waals surface area contributed by atoms with Gasteiger partial charge in [0.15, 0.2) is 0 Å². The number of carbonyl (C=O) groups is 2. The van der Waals surface area contributed by atoms with Crippen LogP contribution in [0.2, 0.25) is 5.02 Å². The maximum absolute atomic E-state index is 13.5. The fraction of sp³-hybridized carbons (Fsp3) is 0.259. The van der Waals surface area contributed by atoms with Gasteiger partial charge in [0.2, 0.25) is 11.8 Å². The Balaban J connectivity index is 1.82. The van der Waals surface area contributed by atoms with Gasteiger partial charge in [0.25, 0.3) is 0 Å². The number of likely N-dealkylation sites (N-methyl/N-ethyl adjacent to an activating group) is 1. The first-order valence-electron chi connectivity index (χ1n) is 11.1. The van der Waals surface area contributed by atoms with Crippen LogP contribution in [0.15, 0.2) is 83.3 Å². The van der Waals surface area contributed by atoms with Crippen LogP contribution < -0.4 is 5.32 Å². The Morgan fingerprint density at radius 2 is 1.65 bits per heavy atom. The van der Waals surface area contributed by atoms with Gasteiger partial charge in [-0.2, -0.15) is 0 Å². The smallest absolute Gasteiger partial charge is 0.243 e. The zero-order valence-electron chi connectivity index (χ0n) is 19.0. The summed E-state index contributed by atoms with van der Waals surface area (Å²) in [5.41, 5.74) is 2.96. The van der Waals surface area contributed by atoms with Crippen LogP contribution in [0.3, 0.4) is 0 Å². The van der Waals surface area contributed by atoms with Gasteiger partial charge in [-0.1, -0.05) is 88.2 Å². The highest BCUT2D eigenvalue weighted by Gasteiger charge is 2.30. The topological polar surface area (TPSA) is 49.4 Å². The van der Waals surface area contributed by atoms with E-state index in [9.17, 15) is 9.59 Å². The molecule has 0 fully saturated rings. The monoisotopic (exact) mass is 558 g/mol. The van der Waals surface area contributed by atoms with Crippen LogP contribution in [0.1, 0.15) is 23.6 Å². The molecular formula is C27H28BrClN2O2S. The second-order valence-electron chi connectivity index (χ2n) is 7.83. The molecule has 2 amide bonds. The molecule has 3 aromatic carbocycles. The molecule has 0 aliphatic carbocycles. The van der Waals surface area contributed by atoms with E-state index in [4.69, 9.17) is 11.6 Å². The highest BCUT2D eigenvalue weighted by molar-refractivity contribution is 9.10. The van der Waals surface area contributed by atoms with Gasteiger partial charge in [-0.3, -0.25) is 9.59 Å². The number of nitrogens with one attached hydrogen (secondary N) is 1. The van der Waals surface area contributed by atoms with Crippen molar-refractivity contribution in [2.75, 3.05) is 12.3 Å². The van der Waals surface area contributed by atoms with E-state index in [0.717, 1.165) is 21.2 Å². The Morgan fingerprint density at radius 1 is 0.971 bits per heavy atom. The number of hydrogen-bond acceptors (Lipinski definition) is 3. The number of hydrogen-bond donors (Lipinski definition) is 1.